The molecule has 1 aromatic carbocycles. The van der Waals surface area contributed by atoms with Crippen LogP contribution in [0, 0.1) is 0 Å². The van der Waals surface area contributed by atoms with E-state index in [2.05, 4.69) is 0 Å². The zero-order valence-electron chi connectivity index (χ0n) is 11.3. The average Bonchev–Trinajstić information content (AvgIpc) is 2.79. The van der Waals surface area contributed by atoms with E-state index in [0.29, 0.717) is 5.56 Å². The lowest BCUT2D eigenvalue weighted by Gasteiger charge is -2.26. The van der Waals surface area contributed by atoms with Crippen molar-refractivity contribution >= 4 is 5.91 Å². The van der Waals surface area contributed by atoms with Gasteiger partial charge in [-0.25, -0.2) is 0 Å². The second kappa shape index (κ2) is 5.65. The molecule has 1 aliphatic heterocycles. The fourth-order valence-corrected chi connectivity index (χ4v) is 2.51. The molecule has 1 fully saturated rings. The van der Waals surface area contributed by atoms with Gasteiger partial charge in [-0.15, -0.1) is 0 Å². The molecule has 0 radical (unpaired) electrons. The number of benzene rings is 1. The molecular formula is C14H16F3NO3. The maximum absolute atomic E-state index is 12.5. The SMILES string of the molecule is CC(O)C(=O)N1CC(O)CC1c1ccc(C(F)(F)F)cc1. The molecule has 0 saturated carbocycles. The van der Waals surface area contributed by atoms with Crippen molar-refractivity contribution in [3.8, 4) is 0 Å². The number of aliphatic hydroxyl groups excluding tert-OH is 2. The van der Waals surface area contributed by atoms with E-state index < -0.39 is 35.9 Å². The molecule has 0 bridgehead atoms. The predicted octanol–water partition coefficient (Wildman–Crippen LogP) is 1.72. The number of halogens is 3. The molecule has 1 amide bonds. The third kappa shape index (κ3) is 3.36. The molecule has 1 saturated heterocycles. The first-order chi connectivity index (χ1) is 9.70. The molecule has 21 heavy (non-hydrogen) atoms. The summed E-state index contributed by atoms with van der Waals surface area (Å²) in [5.74, 6) is -0.545. The van der Waals surface area contributed by atoms with Crippen molar-refractivity contribution in [1.82, 2.24) is 4.90 Å². The third-order valence-electron chi connectivity index (χ3n) is 3.54. The summed E-state index contributed by atoms with van der Waals surface area (Å²) in [7, 11) is 0. The fourth-order valence-electron chi connectivity index (χ4n) is 2.51. The molecule has 1 aromatic rings. The Labute approximate surface area is 119 Å². The first-order valence-electron chi connectivity index (χ1n) is 6.54. The summed E-state index contributed by atoms with van der Waals surface area (Å²) in [6.45, 7) is 1.38. The summed E-state index contributed by atoms with van der Waals surface area (Å²) in [4.78, 5) is 13.2. The van der Waals surface area contributed by atoms with Gasteiger partial charge < -0.3 is 15.1 Å². The van der Waals surface area contributed by atoms with Gasteiger partial charge in [0.15, 0.2) is 0 Å². The van der Waals surface area contributed by atoms with Crippen molar-refractivity contribution in [2.24, 2.45) is 0 Å². The number of nitrogens with zero attached hydrogens (tertiary/aromatic N) is 1. The Kier molecular flexibility index (Phi) is 4.25. The molecular weight excluding hydrogens is 287 g/mol. The van der Waals surface area contributed by atoms with Crippen LogP contribution in [0.15, 0.2) is 24.3 Å². The molecule has 0 aromatic heterocycles. The van der Waals surface area contributed by atoms with Crippen LogP contribution in [0.1, 0.15) is 30.5 Å². The highest BCUT2D eigenvalue weighted by molar-refractivity contribution is 5.81. The minimum atomic E-state index is -4.41. The molecule has 0 spiro atoms. The van der Waals surface area contributed by atoms with E-state index in [1.807, 2.05) is 0 Å². The number of hydrogen-bond acceptors (Lipinski definition) is 3. The van der Waals surface area contributed by atoms with Crippen LogP contribution >= 0.6 is 0 Å². The lowest BCUT2D eigenvalue weighted by atomic mass is 10.0. The summed E-state index contributed by atoms with van der Waals surface area (Å²) in [6.07, 6.45) is -6.14. The quantitative estimate of drug-likeness (QED) is 0.874. The molecule has 2 rings (SSSR count). The number of likely N-dealkylation sites (tertiary alicyclic amines) is 1. The number of carbonyl (C=O) groups excluding carboxylic acids is 1. The molecule has 7 heteroatoms. The molecule has 3 unspecified atom stereocenters. The van der Waals surface area contributed by atoms with Gasteiger partial charge in [0.1, 0.15) is 6.10 Å². The van der Waals surface area contributed by atoms with Gasteiger partial charge in [-0.2, -0.15) is 13.2 Å². The summed E-state index contributed by atoms with van der Waals surface area (Å²) >= 11 is 0. The Balaban J connectivity index is 2.25. The third-order valence-corrected chi connectivity index (χ3v) is 3.54. The second-order valence-electron chi connectivity index (χ2n) is 5.19. The number of carbonyl (C=O) groups is 1. The van der Waals surface area contributed by atoms with Crippen LogP contribution in [-0.4, -0.2) is 39.8 Å². The van der Waals surface area contributed by atoms with E-state index in [9.17, 15) is 28.2 Å². The lowest BCUT2D eigenvalue weighted by molar-refractivity contribution is -0.140. The van der Waals surface area contributed by atoms with E-state index in [0.717, 1.165) is 12.1 Å². The summed E-state index contributed by atoms with van der Waals surface area (Å²) in [5.41, 5.74) is -0.258. The fraction of sp³-hybridized carbons (Fsp3) is 0.500. The molecule has 4 nitrogen and oxygen atoms in total. The first-order valence-corrected chi connectivity index (χ1v) is 6.54. The number of alkyl halides is 3. The average molecular weight is 303 g/mol. The number of amides is 1. The Hall–Kier alpha value is -1.60. The van der Waals surface area contributed by atoms with Crippen LogP contribution < -0.4 is 0 Å². The molecule has 0 aliphatic carbocycles. The number of β-amino-alcohol motifs (C(OH)–C–C–N with tert-alkyl or cyclic N) is 1. The van der Waals surface area contributed by atoms with E-state index in [4.69, 9.17) is 0 Å². The number of aliphatic hydroxyl groups is 2. The number of rotatable bonds is 2. The van der Waals surface area contributed by atoms with Crippen molar-refractivity contribution in [3.05, 3.63) is 35.4 Å². The standard InChI is InChI=1S/C14H16F3NO3/c1-8(19)13(21)18-7-11(20)6-12(18)9-2-4-10(5-3-9)14(15,16)17/h2-5,8,11-12,19-20H,6-7H2,1H3. The molecule has 1 heterocycles. The van der Waals surface area contributed by atoms with Gasteiger partial charge >= 0.3 is 6.18 Å². The first kappa shape index (κ1) is 15.8. The van der Waals surface area contributed by atoms with Gasteiger partial charge in [0.2, 0.25) is 0 Å². The van der Waals surface area contributed by atoms with Crippen molar-refractivity contribution in [3.63, 3.8) is 0 Å². The zero-order valence-corrected chi connectivity index (χ0v) is 11.3. The van der Waals surface area contributed by atoms with Gasteiger partial charge in [0, 0.05) is 6.54 Å². The van der Waals surface area contributed by atoms with Crippen LogP contribution in [0.25, 0.3) is 0 Å². The monoisotopic (exact) mass is 303 g/mol. The van der Waals surface area contributed by atoms with Crippen molar-refractivity contribution in [1.29, 1.82) is 0 Å². The van der Waals surface area contributed by atoms with Gasteiger partial charge in [-0.3, -0.25) is 4.79 Å². The topological polar surface area (TPSA) is 60.8 Å². The van der Waals surface area contributed by atoms with Crippen LogP contribution in [0.4, 0.5) is 13.2 Å². The minimum Gasteiger partial charge on any atom is -0.391 e. The predicted molar refractivity (Wildman–Crippen MR) is 68.2 cm³/mol. The smallest absolute Gasteiger partial charge is 0.391 e. The minimum absolute atomic E-state index is 0.0649. The normalized spacial score (nSPS) is 24.2. The van der Waals surface area contributed by atoms with Gasteiger partial charge in [-0.05, 0) is 31.0 Å². The van der Waals surface area contributed by atoms with Gasteiger partial charge in [0.25, 0.3) is 5.91 Å². The largest absolute Gasteiger partial charge is 0.416 e. The van der Waals surface area contributed by atoms with Crippen LogP contribution in [-0.2, 0) is 11.0 Å². The Morgan fingerprint density at radius 3 is 2.38 bits per heavy atom. The van der Waals surface area contributed by atoms with Crippen molar-refractivity contribution < 1.29 is 28.2 Å². The van der Waals surface area contributed by atoms with E-state index in [1.54, 1.807) is 0 Å². The maximum Gasteiger partial charge on any atom is 0.416 e. The molecule has 2 N–H and O–H groups in total. The van der Waals surface area contributed by atoms with Crippen LogP contribution in [0.2, 0.25) is 0 Å². The highest BCUT2D eigenvalue weighted by atomic mass is 19.4. The zero-order chi connectivity index (χ0) is 15.8. The van der Waals surface area contributed by atoms with E-state index in [1.165, 1.54) is 24.0 Å². The highest BCUT2D eigenvalue weighted by Crippen LogP contribution is 2.35. The molecule has 1 aliphatic rings. The molecule has 3 atom stereocenters. The van der Waals surface area contributed by atoms with E-state index >= 15 is 0 Å². The second-order valence-corrected chi connectivity index (χ2v) is 5.19. The number of hydrogen-bond donors (Lipinski definition) is 2. The van der Waals surface area contributed by atoms with Crippen molar-refractivity contribution in [2.75, 3.05) is 6.54 Å². The maximum atomic E-state index is 12.5. The van der Waals surface area contributed by atoms with Crippen LogP contribution in [0.5, 0.6) is 0 Å². The van der Waals surface area contributed by atoms with Gasteiger partial charge in [0.05, 0.1) is 17.7 Å². The Morgan fingerprint density at radius 2 is 1.90 bits per heavy atom. The lowest BCUT2D eigenvalue weighted by Crippen LogP contribution is -2.38. The van der Waals surface area contributed by atoms with Crippen molar-refractivity contribution in [2.45, 2.75) is 37.8 Å². The summed E-state index contributed by atoms with van der Waals surface area (Å²) in [6, 6.07) is 3.97. The van der Waals surface area contributed by atoms with Crippen LogP contribution in [0.3, 0.4) is 0 Å². The van der Waals surface area contributed by atoms with Gasteiger partial charge in [-0.1, -0.05) is 12.1 Å². The molecule has 116 valence electrons. The summed E-state index contributed by atoms with van der Waals surface area (Å²) < 4.78 is 37.6. The van der Waals surface area contributed by atoms with E-state index in [-0.39, 0.29) is 13.0 Å². The highest BCUT2D eigenvalue weighted by Gasteiger charge is 2.37. The Bertz CT molecular complexity index is 513. The Morgan fingerprint density at radius 1 is 1.33 bits per heavy atom. The summed E-state index contributed by atoms with van der Waals surface area (Å²) in [5, 5.41) is 19.1.